The minimum Gasteiger partial charge on any atom is -0.370 e. The predicted octanol–water partition coefficient (Wildman–Crippen LogP) is 3.50. The highest BCUT2D eigenvalue weighted by atomic mass is 35.5. The zero-order chi connectivity index (χ0) is 17.9. The molecule has 5 nitrogen and oxygen atoms in total. The van der Waals surface area contributed by atoms with Crippen molar-refractivity contribution in [2.75, 3.05) is 55.5 Å². The van der Waals surface area contributed by atoms with Crippen molar-refractivity contribution in [3.63, 3.8) is 0 Å². The van der Waals surface area contributed by atoms with Gasteiger partial charge in [0.05, 0.1) is 10.7 Å². The monoisotopic (exact) mass is 382 g/mol. The van der Waals surface area contributed by atoms with Gasteiger partial charge in [-0.15, -0.1) is 0 Å². The van der Waals surface area contributed by atoms with Gasteiger partial charge in [0.1, 0.15) is 0 Å². The van der Waals surface area contributed by atoms with Crippen LogP contribution in [0.1, 0.15) is 19.3 Å². The lowest BCUT2D eigenvalue weighted by atomic mass is 9.97. The summed E-state index contributed by atoms with van der Waals surface area (Å²) in [5, 5.41) is 6.62. The molecular formula is C18H27ClN4OS. The van der Waals surface area contributed by atoms with Gasteiger partial charge < -0.3 is 20.4 Å². The molecule has 2 aliphatic rings. The molecule has 0 aromatic heterocycles. The van der Waals surface area contributed by atoms with Gasteiger partial charge in [-0.05, 0) is 57.3 Å². The molecule has 2 N–H and O–H groups in total. The Balaban J connectivity index is 1.56. The third-order valence-electron chi connectivity index (χ3n) is 5.26. The Morgan fingerprint density at radius 1 is 1.36 bits per heavy atom. The number of rotatable bonds is 5. The van der Waals surface area contributed by atoms with Crippen LogP contribution in [0.25, 0.3) is 0 Å². The summed E-state index contributed by atoms with van der Waals surface area (Å²) < 4.78 is 0. The lowest BCUT2D eigenvalue weighted by Crippen LogP contribution is -2.53. The van der Waals surface area contributed by atoms with Crippen LogP contribution in [0.3, 0.4) is 0 Å². The van der Waals surface area contributed by atoms with Crippen LogP contribution >= 0.6 is 23.4 Å². The molecule has 0 bridgehead atoms. The van der Waals surface area contributed by atoms with Gasteiger partial charge in [-0.1, -0.05) is 11.6 Å². The van der Waals surface area contributed by atoms with E-state index >= 15 is 0 Å². The van der Waals surface area contributed by atoms with Crippen molar-refractivity contribution in [3.05, 3.63) is 23.2 Å². The van der Waals surface area contributed by atoms with Gasteiger partial charge in [-0.2, -0.15) is 11.8 Å². The number of benzene rings is 1. The van der Waals surface area contributed by atoms with Crippen molar-refractivity contribution < 1.29 is 4.79 Å². The number of thioether (sulfide) groups is 1. The summed E-state index contributed by atoms with van der Waals surface area (Å²) >= 11 is 8.36. The standard InChI is InChI=1S/C18H27ClN4OS/c1-22(2)18(7-10-25-13-18)12-20-17(24)21-14-5-6-16(15(19)11-14)23-8-3-4-9-23/h5-6,11H,3-4,7-10,12-13H2,1-2H3,(H2,20,21,24). The van der Waals surface area contributed by atoms with E-state index in [-0.39, 0.29) is 11.6 Å². The van der Waals surface area contributed by atoms with Gasteiger partial charge in [0.25, 0.3) is 0 Å². The van der Waals surface area contributed by atoms with Crippen LogP contribution < -0.4 is 15.5 Å². The van der Waals surface area contributed by atoms with Crippen molar-refractivity contribution in [3.8, 4) is 0 Å². The Hall–Kier alpha value is -1.11. The van der Waals surface area contributed by atoms with Gasteiger partial charge >= 0.3 is 6.03 Å². The van der Waals surface area contributed by atoms with E-state index in [0.717, 1.165) is 42.4 Å². The lowest BCUT2D eigenvalue weighted by molar-refractivity contribution is 0.176. The molecule has 2 fully saturated rings. The summed E-state index contributed by atoms with van der Waals surface area (Å²) in [4.78, 5) is 16.8. The summed E-state index contributed by atoms with van der Waals surface area (Å²) in [6.45, 7) is 2.76. The average Bonchev–Trinajstić information content (AvgIpc) is 3.25. The second kappa shape index (κ2) is 8.06. The molecule has 0 spiro atoms. The summed E-state index contributed by atoms with van der Waals surface area (Å²) in [7, 11) is 4.17. The second-order valence-corrected chi connectivity index (χ2v) is 8.60. The fourth-order valence-electron chi connectivity index (χ4n) is 3.47. The van der Waals surface area contributed by atoms with Crippen LogP contribution in [0, 0.1) is 0 Å². The minimum absolute atomic E-state index is 0.0548. The van der Waals surface area contributed by atoms with E-state index < -0.39 is 0 Å². The van der Waals surface area contributed by atoms with Crippen LogP contribution in [-0.4, -0.2) is 61.7 Å². The SMILES string of the molecule is CN(C)C1(CNC(=O)Nc2ccc(N3CCCC3)c(Cl)c2)CCSC1. The quantitative estimate of drug-likeness (QED) is 0.818. The van der Waals surface area contributed by atoms with Gasteiger partial charge in [-0.25, -0.2) is 4.79 Å². The number of likely N-dealkylation sites (N-methyl/N-ethyl adjacent to an activating group) is 1. The molecule has 0 radical (unpaired) electrons. The van der Waals surface area contributed by atoms with Crippen LogP contribution in [0.15, 0.2) is 18.2 Å². The number of hydrogen-bond donors (Lipinski definition) is 2. The number of anilines is 2. The van der Waals surface area contributed by atoms with Crippen molar-refractivity contribution in [2.24, 2.45) is 0 Å². The first-order chi connectivity index (χ1) is 12.0. The predicted molar refractivity (Wildman–Crippen MR) is 108 cm³/mol. The highest BCUT2D eigenvalue weighted by Crippen LogP contribution is 2.32. The molecule has 0 aliphatic carbocycles. The molecule has 138 valence electrons. The van der Waals surface area contributed by atoms with Gasteiger partial charge in [0, 0.05) is 36.6 Å². The zero-order valence-electron chi connectivity index (χ0n) is 15.0. The highest BCUT2D eigenvalue weighted by Gasteiger charge is 2.36. The largest absolute Gasteiger partial charge is 0.370 e. The van der Waals surface area contributed by atoms with Crippen molar-refractivity contribution in [1.29, 1.82) is 0 Å². The molecule has 3 rings (SSSR count). The molecule has 1 unspecified atom stereocenters. The zero-order valence-corrected chi connectivity index (χ0v) is 16.6. The molecule has 1 aromatic carbocycles. The second-order valence-electron chi connectivity index (χ2n) is 7.09. The molecule has 25 heavy (non-hydrogen) atoms. The third-order valence-corrected chi connectivity index (χ3v) is 6.80. The summed E-state index contributed by atoms with van der Waals surface area (Å²) in [5.41, 5.74) is 1.84. The first-order valence-electron chi connectivity index (χ1n) is 8.85. The van der Waals surface area contributed by atoms with E-state index in [0.29, 0.717) is 11.6 Å². The first kappa shape index (κ1) is 18.7. The van der Waals surface area contributed by atoms with Crippen LogP contribution in [0.5, 0.6) is 0 Å². The molecule has 2 heterocycles. The molecule has 7 heteroatoms. The van der Waals surface area contributed by atoms with Gasteiger partial charge in [0.15, 0.2) is 0 Å². The lowest BCUT2D eigenvalue weighted by Gasteiger charge is -2.35. The molecule has 2 amide bonds. The Labute approximate surface area is 159 Å². The number of nitrogens with zero attached hydrogens (tertiary/aromatic N) is 2. The fourth-order valence-corrected chi connectivity index (χ4v) is 5.32. The van der Waals surface area contributed by atoms with Crippen molar-refractivity contribution in [1.82, 2.24) is 10.2 Å². The number of carbonyl (C=O) groups excluding carboxylic acids is 1. The topological polar surface area (TPSA) is 47.6 Å². The van der Waals surface area contributed by atoms with Crippen molar-refractivity contribution in [2.45, 2.75) is 24.8 Å². The maximum absolute atomic E-state index is 12.3. The van der Waals surface area contributed by atoms with Crippen LogP contribution in [0.4, 0.5) is 16.2 Å². The highest BCUT2D eigenvalue weighted by molar-refractivity contribution is 7.99. The molecule has 0 saturated carbocycles. The van der Waals surface area contributed by atoms with E-state index in [2.05, 4.69) is 34.5 Å². The molecule has 1 aromatic rings. The Kier molecular flexibility index (Phi) is 6.02. The third kappa shape index (κ3) is 4.36. The number of halogens is 1. The normalized spacial score (nSPS) is 23.3. The van der Waals surface area contributed by atoms with Gasteiger partial charge in [0.2, 0.25) is 0 Å². The van der Waals surface area contributed by atoms with E-state index in [4.69, 9.17) is 11.6 Å². The summed E-state index contributed by atoms with van der Waals surface area (Å²) in [6, 6.07) is 5.58. The maximum atomic E-state index is 12.3. The van der Waals surface area contributed by atoms with Crippen LogP contribution in [-0.2, 0) is 0 Å². The smallest absolute Gasteiger partial charge is 0.319 e. The van der Waals surface area contributed by atoms with E-state index in [1.807, 2.05) is 30.0 Å². The van der Waals surface area contributed by atoms with Gasteiger partial charge in [-0.3, -0.25) is 0 Å². The average molecular weight is 383 g/mol. The minimum atomic E-state index is -0.178. The molecular weight excluding hydrogens is 356 g/mol. The number of urea groups is 1. The maximum Gasteiger partial charge on any atom is 0.319 e. The summed E-state index contributed by atoms with van der Waals surface area (Å²) in [6.07, 6.45) is 3.52. The fraction of sp³-hybridized carbons (Fsp3) is 0.611. The summed E-state index contributed by atoms with van der Waals surface area (Å²) in [5.74, 6) is 2.20. The Morgan fingerprint density at radius 3 is 2.72 bits per heavy atom. The van der Waals surface area contributed by atoms with E-state index in [9.17, 15) is 4.79 Å². The Bertz CT molecular complexity index is 613. The van der Waals surface area contributed by atoms with Crippen LogP contribution in [0.2, 0.25) is 5.02 Å². The number of hydrogen-bond acceptors (Lipinski definition) is 4. The Morgan fingerprint density at radius 2 is 2.12 bits per heavy atom. The molecule has 2 saturated heterocycles. The number of amides is 2. The molecule has 1 atom stereocenters. The molecule has 2 aliphatic heterocycles. The van der Waals surface area contributed by atoms with E-state index in [1.54, 1.807) is 0 Å². The van der Waals surface area contributed by atoms with E-state index in [1.165, 1.54) is 12.8 Å². The number of carbonyl (C=O) groups is 1. The van der Waals surface area contributed by atoms with Crippen molar-refractivity contribution >= 4 is 40.8 Å². The number of nitrogens with one attached hydrogen (secondary N) is 2. The first-order valence-corrected chi connectivity index (χ1v) is 10.4.